The summed E-state index contributed by atoms with van der Waals surface area (Å²) in [4.78, 5) is 38.4. The van der Waals surface area contributed by atoms with E-state index in [1.807, 2.05) is 0 Å². The van der Waals surface area contributed by atoms with E-state index in [-0.39, 0.29) is 13.2 Å². The van der Waals surface area contributed by atoms with E-state index < -0.39 is 11.9 Å². The van der Waals surface area contributed by atoms with Gasteiger partial charge in [0.2, 0.25) is 0 Å². The number of carbonyl (C=O) groups excluding carboxylic acids is 2. The summed E-state index contributed by atoms with van der Waals surface area (Å²) in [5.74, 6) is -1.58. The first kappa shape index (κ1) is 12.6. The third-order valence-corrected chi connectivity index (χ3v) is 0.873. The van der Waals surface area contributed by atoms with Gasteiger partial charge in [-0.15, -0.1) is 0 Å². The average molecular weight is 204 g/mol. The van der Waals surface area contributed by atoms with E-state index in [1.54, 1.807) is 13.8 Å². The average Bonchev–Trinajstić information content (AvgIpc) is 2.20. The zero-order valence-corrected chi connectivity index (χ0v) is 8.02. The van der Waals surface area contributed by atoms with Crippen LogP contribution in [0.4, 0.5) is 0 Å². The highest BCUT2D eigenvalue weighted by atomic mass is 17.2. The molecule has 0 aliphatic heterocycles. The minimum Gasteiger partial charge on any atom is -0.294 e. The third-order valence-electron chi connectivity index (χ3n) is 0.873. The Bertz CT molecular complexity index is 188. The summed E-state index contributed by atoms with van der Waals surface area (Å²) in [6.45, 7) is 3.78. The molecule has 0 fully saturated rings. The molecular formula is C8H12O6. The normalized spacial score (nSPS) is 10.1. The van der Waals surface area contributed by atoms with Gasteiger partial charge in [-0.1, -0.05) is 0 Å². The number of hydrogen-bond acceptors (Lipinski definition) is 6. The summed E-state index contributed by atoms with van der Waals surface area (Å²) < 4.78 is 0. The Hall–Kier alpha value is -1.40. The van der Waals surface area contributed by atoms with Crippen LogP contribution in [0.2, 0.25) is 0 Å². The summed E-state index contributed by atoms with van der Waals surface area (Å²) in [6.07, 6.45) is 1.74. The Labute approximate surface area is 81.2 Å². The van der Waals surface area contributed by atoms with E-state index in [1.165, 1.54) is 0 Å². The highest BCUT2D eigenvalue weighted by Gasteiger charge is 2.01. The molecule has 0 aliphatic carbocycles. The maximum atomic E-state index is 10.7. The van der Waals surface area contributed by atoms with Gasteiger partial charge in [0.1, 0.15) is 0 Å². The molecule has 0 saturated heterocycles. The van der Waals surface area contributed by atoms with E-state index >= 15 is 0 Å². The molecule has 0 aliphatic rings. The number of carbonyl (C=O) groups is 2. The van der Waals surface area contributed by atoms with Crippen molar-refractivity contribution in [1.29, 1.82) is 0 Å². The van der Waals surface area contributed by atoms with Crippen molar-refractivity contribution in [2.24, 2.45) is 0 Å². The van der Waals surface area contributed by atoms with Gasteiger partial charge >= 0.3 is 11.9 Å². The van der Waals surface area contributed by atoms with E-state index in [4.69, 9.17) is 0 Å². The lowest BCUT2D eigenvalue weighted by atomic mass is 10.5. The first-order chi connectivity index (χ1) is 6.70. The van der Waals surface area contributed by atoms with Crippen molar-refractivity contribution in [2.75, 3.05) is 13.2 Å². The molecule has 0 aromatic carbocycles. The van der Waals surface area contributed by atoms with Gasteiger partial charge in [0, 0.05) is 12.2 Å². The van der Waals surface area contributed by atoms with Crippen LogP contribution in [0.15, 0.2) is 12.2 Å². The van der Waals surface area contributed by atoms with Crippen molar-refractivity contribution in [2.45, 2.75) is 13.8 Å². The molecular weight excluding hydrogens is 192 g/mol. The van der Waals surface area contributed by atoms with Gasteiger partial charge in [-0.2, -0.15) is 9.78 Å². The summed E-state index contributed by atoms with van der Waals surface area (Å²) in [7, 11) is 0. The predicted octanol–water partition coefficient (Wildman–Crippen LogP) is 0.532. The summed E-state index contributed by atoms with van der Waals surface area (Å²) in [5.41, 5.74) is 0. The molecule has 0 radical (unpaired) electrons. The Balaban J connectivity index is 3.68. The van der Waals surface area contributed by atoms with Gasteiger partial charge in [-0.05, 0) is 13.8 Å². The van der Waals surface area contributed by atoms with Gasteiger partial charge in [0.05, 0.1) is 13.2 Å². The second kappa shape index (κ2) is 8.21. The largest absolute Gasteiger partial charge is 0.366 e. The minimum absolute atomic E-state index is 0.239. The molecule has 0 unspecified atom stereocenters. The second-order valence-electron chi connectivity index (χ2n) is 1.95. The van der Waals surface area contributed by atoms with Crippen molar-refractivity contribution in [3.05, 3.63) is 12.2 Å². The van der Waals surface area contributed by atoms with Crippen molar-refractivity contribution in [3.8, 4) is 0 Å². The van der Waals surface area contributed by atoms with E-state index in [0.717, 1.165) is 12.2 Å². The maximum Gasteiger partial charge on any atom is 0.366 e. The third kappa shape index (κ3) is 7.26. The van der Waals surface area contributed by atoms with Crippen molar-refractivity contribution < 1.29 is 29.1 Å². The van der Waals surface area contributed by atoms with Crippen LogP contribution in [-0.2, 0) is 29.1 Å². The summed E-state index contributed by atoms with van der Waals surface area (Å²) in [6, 6.07) is 0. The fraction of sp³-hybridized carbons (Fsp3) is 0.500. The SMILES string of the molecule is CCOOC(=O)/C=C\C(=O)OOCC. The van der Waals surface area contributed by atoms with Crippen LogP contribution in [0.1, 0.15) is 13.8 Å². The zero-order valence-electron chi connectivity index (χ0n) is 8.02. The van der Waals surface area contributed by atoms with Gasteiger partial charge in [-0.3, -0.25) is 9.78 Å². The highest BCUT2D eigenvalue weighted by molar-refractivity contribution is 5.91. The lowest BCUT2D eigenvalue weighted by Crippen LogP contribution is -2.05. The Morgan fingerprint density at radius 2 is 1.29 bits per heavy atom. The fourth-order valence-electron chi connectivity index (χ4n) is 0.426. The molecule has 0 aromatic rings. The maximum absolute atomic E-state index is 10.7. The quantitative estimate of drug-likeness (QED) is 0.357. The number of hydrogen-bond donors (Lipinski definition) is 0. The van der Waals surface area contributed by atoms with E-state index in [9.17, 15) is 9.59 Å². The molecule has 0 saturated carbocycles. The number of rotatable bonds is 6. The summed E-state index contributed by atoms with van der Waals surface area (Å²) in [5, 5.41) is 0. The monoisotopic (exact) mass is 204 g/mol. The first-order valence-corrected chi connectivity index (χ1v) is 4.05. The van der Waals surface area contributed by atoms with Crippen LogP contribution in [0.5, 0.6) is 0 Å². The molecule has 0 rings (SSSR count). The predicted molar refractivity (Wildman–Crippen MR) is 44.6 cm³/mol. The first-order valence-electron chi connectivity index (χ1n) is 4.05. The molecule has 0 bridgehead atoms. The molecule has 6 nitrogen and oxygen atoms in total. The van der Waals surface area contributed by atoms with Crippen molar-refractivity contribution in [1.82, 2.24) is 0 Å². The lowest BCUT2D eigenvalue weighted by molar-refractivity contribution is -0.266. The Morgan fingerprint density at radius 3 is 1.57 bits per heavy atom. The van der Waals surface area contributed by atoms with Crippen molar-refractivity contribution >= 4 is 11.9 Å². The molecule has 0 aromatic heterocycles. The Kier molecular flexibility index (Phi) is 7.39. The van der Waals surface area contributed by atoms with E-state index in [2.05, 4.69) is 19.6 Å². The highest BCUT2D eigenvalue weighted by Crippen LogP contribution is 1.87. The molecule has 0 spiro atoms. The molecule has 0 heterocycles. The minimum atomic E-state index is -0.791. The molecule has 14 heavy (non-hydrogen) atoms. The van der Waals surface area contributed by atoms with Crippen LogP contribution in [0.25, 0.3) is 0 Å². The molecule has 0 atom stereocenters. The second-order valence-corrected chi connectivity index (χ2v) is 1.95. The van der Waals surface area contributed by atoms with E-state index in [0.29, 0.717) is 0 Å². The summed E-state index contributed by atoms with van der Waals surface area (Å²) >= 11 is 0. The van der Waals surface area contributed by atoms with Gasteiger partial charge in [0.25, 0.3) is 0 Å². The zero-order chi connectivity index (χ0) is 10.8. The van der Waals surface area contributed by atoms with Gasteiger partial charge in [-0.25, -0.2) is 9.59 Å². The lowest BCUT2D eigenvalue weighted by Gasteiger charge is -1.97. The topological polar surface area (TPSA) is 71.1 Å². The van der Waals surface area contributed by atoms with Gasteiger partial charge < -0.3 is 0 Å². The van der Waals surface area contributed by atoms with Gasteiger partial charge in [0.15, 0.2) is 0 Å². The standard InChI is InChI=1S/C8H12O6/c1-3-11-13-7(9)5-6-8(10)14-12-4-2/h5-6H,3-4H2,1-2H3/b6-5-. The van der Waals surface area contributed by atoms with Crippen LogP contribution in [0.3, 0.4) is 0 Å². The van der Waals surface area contributed by atoms with Crippen LogP contribution >= 0.6 is 0 Å². The van der Waals surface area contributed by atoms with Crippen LogP contribution in [-0.4, -0.2) is 25.2 Å². The van der Waals surface area contributed by atoms with Crippen LogP contribution in [0, 0.1) is 0 Å². The molecule has 0 N–H and O–H groups in total. The fourth-order valence-corrected chi connectivity index (χ4v) is 0.426. The molecule has 6 heteroatoms. The molecule has 0 amide bonds. The Morgan fingerprint density at radius 1 is 0.929 bits per heavy atom. The molecule has 80 valence electrons. The smallest absolute Gasteiger partial charge is 0.294 e. The van der Waals surface area contributed by atoms with Crippen LogP contribution < -0.4 is 0 Å². The van der Waals surface area contributed by atoms with Crippen molar-refractivity contribution in [3.63, 3.8) is 0 Å².